The lowest BCUT2D eigenvalue weighted by Gasteiger charge is -2.14. The van der Waals surface area contributed by atoms with Gasteiger partial charge in [-0.3, -0.25) is 14.4 Å². The summed E-state index contributed by atoms with van der Waals surface area (Å²) in [6.45, 7) is 1.79. The highest BCUT2D eigenvalue weighted by Crippen LogP contribution is 2.39. The Bertz CT molecular complexity index is 2120. The lowest BCUT2D eigenvalue weighted by Crippen LogP contribution is -2.30. The topological polar surface area (TPSA) is 136 Å². The molecule has 10 nitrogen and oxygen atoms in total. The highest BCUT2D eigenvalue weighted by atomic mass is 32.2. The number of anilines is 2. The fourth-order valence-electron chi connectivity index (χ4n) is 5.77. The van der Waals surface area contributed by atoms with Crippen LogP contribution in [0.1, 0.15) is 56.7 Å². The molecule has 1 atom stereocenters. The van der Waals surface area contributed by atoms with Gasteiger partial charge in [-0.25, -0.2) is 4.79 Å². The van der Waals surface area contributed by atoms with Gasteiger partial charge in [-0.05, 0) is 98.8 Å². The van der Waals surface area contributed by atoms with Crippen molar-refractivity contribution in [2.75, 3.05) is 24.9 Å². The number of esters is 1. The molecule has 12 heteroatoms. The van der Waals surface area contributed by atoms with Crippen molar-refractivity contribution in [1.82, 2.24) is 5.32 Å². The van der Waals surface area contributed by atoms with Crippen LogP contribution in [0.25, 0.3) is 17.4 Å². The Balaban J connectivity index is 1.15. The fraction of sp³-hybridized carbons (Fsp3) is 0.200. The molecular formula is C40H37N3O7S2. The summed E-state index contributed by atoms with van der Waals surface area (Å²) in [6, 6.07) is 26.5. The van der Waals surface area contributed by atoms with Gasteiger partial charge in [0.2, 0.25) is 5.91 Å². The van der Waals surface area contributed by atoms with E-state index in [9.17, 15) is 19.2 Å². The van der Waals surface area contributed by atoms with Crippen LogP contribution in [0.15, 0.2) is 106 Å². The van der Waals surface area contributed by atoms with Gasteiger partial charge < -0.3 is 29.8 Å². The molecule has 0 bridgehead atoms. The Morgan fingerprint density at radius 3 is 2.35 bits per heavy atom. The van der Waals surface area contributed by atoms with Crippen molar-refractivity contribution < 1.29 is 33.1 Å². The molecule has 2 aromatic heterocycles. The highest BCUT2D eigenvalue weighted by molar-refractivity contribution is 8.00. The van der Waals surface area contributed by atoms with Crippen LogP contribution in [0.4, 0.5) is 10.7 Å². The van der Waals surface area contributed by atoms with E-state index in [-0.39, 0.29) is 11.6 Å². The molecule has 0 aliphatic heterocycles. The number of hydrogen-bond donors (Lipinski definition) is 3. The SMILES string of the molecule is COC(=O)c1c(NC(=O)[C@@H](C)Sc2ccc(NC(=O)/C(=C\c3ccc(-c4ccccc4OC)o3)NC(=O)c3ccccc3)cc2)sc2c1CCCC2. The van der Waals surface area contributed by atoms with Crippen LogP contribution in [0.3, 0.4) is 0 Å². The first kappa shape index (κ1) is 36.2. The van der Waals surface area contributed by atoms with E-state index >= 15 is 0 Å². The maximum absolute atomic E-state index is 13.6. The van der Waals surface area contributed by atoms with Crippen molar-refractivity contribution in [2.24, 2.45) is 0 Å². The number of fused-ring (bicyclic) bond motifs is 1. The summed E-state index contributed by atoms with van der Waals surface area (Å²) in [7, 11) is 2.93. The van der Waals surface area contributed by atoms with Crippen LogP contribution in [-0.4, -0.2) is 43.2 Å². The fourth-order valence-corrected chi connectivity index (χ4v) is 7.91. The standard InChI is InChI=1S/C40H37N3O7S2/c1-24(36(44)43-39-35(40(47)49-3)30-14-8-10-16-34(30)52-39)51-28-20-17-26(18-21-28)41-38(46)31(42-37(45)25-11-5-4-6-12-25)23-27-19-22-33(50-27)29-13-7-9-15-32(29)48-2/h4-7,9,11-13,15,17-24H,8,10,14,16H2,1-3H3,(H,41,46)(H,42,45)(H,43,44)/b31-23+/t24-/m1/s1. The van der Waals surface area contributed by atoms with Gasteiger partial charge in [0.25, 0.3) is 11.8 Å². The summed E-state index contributed by atoms with van der Waals surface area (Å²) < 4.78 is 16.5. The molecule has 5 aromatic rings. The van der Waals surface area contributed by atoms with Gasteiger partial charge in [0.05, 0.1) is 30.6 Å². The number of benzene rings is 3. The first-order valence-corrected chi connectivity index (χ1v) is 18.4. The van der Waals surface area contributed by atoms with Gasteiger partial charge in [-0.2, -0.15) is 0 Å². The molecule has 0 saturated carbocycles. The van der Waals surface area contributed by atoms with E-state index in [0.29, 0.717) is 39.1 Å². The van der Waals surface area contributed by atoms with Crippen LogP contribution in [0.5, 0.6) is 5.75 Å². The number of carbonyl (C=O) groups is 4. The largest absolute Gasteiger partial charge is 0.496 e. The van der Waals surface area contributed by atoms with Crippen molar-refractivity contribution in [3.8, 4) is 17.1 Å². The molecule has 0 spiro atoms. The van der Waals surface area contributed by atoms with Crippen LogP contribution in [-0.2, 0) is 27.2 Å². The Morgan fingerprint density at radius 1 is 0.865 bits per heavy atom. The number of amides is 3. The first-order chi connectivity index (χ1) is 25.2. The summed E-state index contributed by atoms with van der Waals surface area (Å²) in [5.74, 6) is -0.180. The minimum absolute atomic E-state index is 0.0277. The number of thiophene rings is 1. The minimum Gasteiger partial charge on any atom is -0.496 e. The first-order valence-electron chi connectivity index (χ1n) is 16.7. The van der Waals surface area contributed by atoms with Gasteiger partial charge in [0.1, 0.15) is 28.0 Å². The Morgan fingerprint density at radius 2 is 1.60 bits per heavy atom. The predicted molar refractivity (Wildman–Crippen MR) is 204 cm³/mol. The monoisotopic (exact) mass is 735 g/mol. The van der Waals surface area contributed by atoms with Gasteiger partial charge in [0, 0.05) is 27.1 Å². The number of hydrogen-bond acceptors (Lipinski definition) is 9. The van der Waals surface area contributed by atoms with Crippen LogP contribution >= 0.6 is 23.1 Å². The lowest BCUT2D eigenvalue weighted by molar-refractivity contribution is -0.115. The number of methoxy groups -OCH3 is 2. The van der Waals surface area contributed by atoms with Crippen molar-refractivity contribution in [3.05, 3.63) is 124 Å². The molecular weight excluding hydrogens is 699 g/mol. The highest BCUT2D eigenvalue weighted by Gasteiger charge is 2.28. The molecule has 3 N–H and O–H groups in total. The molecule has 0 radical (unpaired) electrons. The number of carbonyl (C=O) groups excluding carboxylic acids is 4. The number of thioether (sulfide) groups is 1. The third-order valence-electron chi connectivity index (χ3n) is 8.41. The summed E-state index contributed by atoms with van der Waals surface area (Å²) in [5.41, 5.74) is 3.02. The molecule has 52 heavy (non-hydrogen) atoms. The molecule has 2 heterocycles. The summed E-state index contributed by atoms with van der Waals surface area (Å²) in [5, 5.41) is 8.57. The number of nitrogens with one attached hydrogen (secondary N) is 3. The summed E-state index contributed by atoms with van der Waals surface area (Å²) in [4.78, 5) is 54.5. The Hall–Kier alpha value is -5.59. The molecule has 3 aromatic carbocycles. The van der Waals surface area contributed by atoms with Crippen molar-refractivity contribution in [1.29, 1.82) is 0 Å². The second-order valence-corrected chi connectivity index (χ2v) is 14.4. The third kappa shape index (κ3) is 8.47. The second kappa shape index (κ2) is 16.6. The zero-order valence-corrected chi connectivity index (χ0v) is 30.5. The van der Waals surface area contributed by atoms with E-state index in [1.807, 2.05) is 24.3 Å². The summed E-state index contributed by atoms with van der Waals surface area (Å²) >= 11 is 2.79. The number of rotatable bonds is 12. The summed E-state index contributed by atoms with van der Waals surface area (Å²) in [6.07, 6.45) is 5.20. The van der Waals surface area contributed by atoms with Gasteiger partial charge in [0.15, 0.2) is 0 Å². The quantitative estimate of drug-likeness (QED) is 0.0663. The van der Waals surface area contributed by atoms with E-state index in [2.05, 4.69) is 16.0 Å². The molecule has 1 aliphatic carbocycles. The molecule has 6 rings (SSSR count). The average molecular weight is 736 g/mol. The van der Waals surface area contributed by atoms with Gasteiger partial charge in [-0.15, -0.1) is 23.1 Å². The predicted octanol–water partition coefficient (Wildman–Crippen LogP) is 8.21. The smallest absolute Gasteiger partial charge is 0.341 e. The molecule has 266 valence electrons. The maximum Gasteiger partial charge on any atom is 0.341 e. The number of aryl methyl sites for hydroxylation is 1. The van der Waals surface area contributed by atoms with E-state index < -0.39 is 23.0 Å². The minimum atomic E-state index is -0.562. The molecule has 1 aliphatic rings. The second-order valence-electron chi connectivity index (χ2n) is 11.9. The lowest BCUT2D eigenvalue weighted by atomic mass is 9.95. The molecule has 3 amide bonds. The van der Waals surface area contributed by atoms with E-state index in [1.165, 1.54) is 36.3 Å². The Kier molecular flexibility index (Phi) is 11.6. The number of para-hydroxylation sites is 1. The zero-order valence-electron chi connectivity index (χ0n) is 28.8. The van der Waals surface area contributed by atoms with E-state index in [0.717, 1.165) is 46.6 Å². The van der Waals surface area contributed by atoms with Gasteiger partial charge in [-0.1, -0.05) is 30.3 Å². The van der Waals surface area contributed by atoms with Crippen molar-refractivity contribution in [3.63, 3.8) is 0 Å². The van der Waals surface area contributed by atoms with Crippen LogP contribution < -0.4 is 20.7 Å². The third-order valence-corrected chi connectivity index (χ3v) is 10.7. The Labute approximate surface area is 309 Å². The van der Waals surface area contributed by atoms with Crippen LogP contribution in [0, 0.1) is 0 Å². The van der Waals surface area contributed by atoms with Crippen LogP contribution in [0.2, 0.25) is 0 Å². The molecule has 0 fully saturated rings. The van der Waals surface area contributed by atoms with Crippen molar-refractivity contribution >= 4 is 63.6 Å². The molecule has 0 saturated heterocycles. The normalized spacial score (nSPS) is 13.0. The van der Waals surface area contributed by atoms with Gasteiger partial charge >= 0.3 is 5.97 Å². The number of furan rings is 1. The van der Waals surface area contributed by atoms with Crippen molar-refractivity contribution in [2.45, 2.75) is 42.8 Å². The van der Waals surface area contributed by atoms with E-state index in [1.54, 1.807) is 80.8 Å². The number of ether oxygens (including phenoxy) is 2. The zero-order chi connectivity index (χ0) is 36.6. The molecule has 0 unspecified atom stereocenters. The maximum atomic E-state index is 13.6. The van der Waals surface area contributed by atoms with E-state index in [4.69, 9.17) is 13.9 Å². The average Bonchev–Trinajstić information content (AvgIpc) is 3.79.